The van der Waals surface area contributed by atoms with Crippen LogP contribution in [-0.4, -0.2) is 21.9 Å². The molecule has 0 aliphatic rings. The maximum Gasteiger partial charge on any atom is 0.271 e. The zero-order valence-corrected chi connectivity index (χ0v) is 14.8. The maximum absolute atomic E-state index is 12.0. The smallest absolute Gasteiger partial charge is 0.267 e. The second kappa shape index (κ2) is 7.51. The van der Waals surface area contributed by atoms with E-state index in [4.69, 9.17) is 23.2 Å². The van der Waals surface area contributed by atoms with Crippen LogP contribution in [0.5, 0.6) is 0 Å². The van der Waals surface area contributed by atoms with Crippen molar-refractivity contribution in [3.8, 4) is 5.69 Å². The molecular formula is C18H14Cl2N4O. The first-order valence-electron chi connectivity index (χ1n) is 7.46. The van der Waals surface area contributed by atoms with Gasteiger partial charge in [-0.1, -0.05) is 41.4 Å². The normalized spacial score (nSPS) is 11.0. The van der Waals surface area contributed by atoms with Crippen LogP contribution in [-0.2, 0) is 0 Å². The van der Waals surface area contributed by atoms with Gasteiger partial charge in [0.25, 0.3) is 5.91 Å². The molecule has 0 aliphatic carbocycles. The molecule has 0 atom stereocenters. The van der Waals surface area contributed by atoms with Crippen LogP contribution < -0.4 is 5.43 Å². The predicted octanol–water partition coefficient (Wildman–Crippen LogP) is 4.25. The number of aromatic nitrogens is 2. The first kappa shape index (κ1) is 17.2. The van der Waals surface area contributed by atoms with Gasteiger partial charge in [-0.2, -0.15) is 10.2 Å². The molecule has 0 saturated carbocycles. The number of para-hydroxylation sites is 1. The minimum absolute atomic E-state index is 0.311. The lowest BCUT2D eigenvalue weighted by atomic mass is 10.2. The van der Waals surface area contributed by atoms with Gasteiger partial charge in [0.05, 0.1) is 23.2 Å². The van der Waals surface area contributed by atoms with Gasteiger partial charge in [0.2, 0.25) is 0 Å². The SMILES string of the molecule is Cc1c(/C=N\NC(=O)c2ccc(Cl)cc2)c(Cl)nn1-c1ccccc1. The fourth-order valence-corrected chi connectivity index (χ4v) is 2.66. The molecule has 3 rings (SSSR count). The molecule has 0 spiro atoms. The molecule has 7 heteroatoms. The first-order chi connectivity index (χ1) is 12.1. The van der Waals surface area contributed by atoms with Crippen LogP contribution in [0.25, 0.3) is 5.69 Å². The molecule has 0 fully saturated rings. The Labute approximate surface area is 154 Å². The topological polar surface area (TPSA) is 59.3 Å². The quantitative estimate of drug-likeness (QED) is 0.549. The number of carbonyl (C=O) groups excluding carboxylic acids is 1. The van der Waals surface area contributed by atoms with Gasteiger partial charge in [0.15, 0.2) is 5.15 Å². The number of carbonyl (C=O) groups is 1. The Morgan fingerprint density at radius 2 is 1.80 bits per heavy atom. The van der Waals surface area contributed by atoms with E-state index in [1.165, 1.54) is 6.21 Å². The number of hydrogen-bond acceptors (Lipinski definition) is 3. The van der Waals surface area contributed by atoms with Gasteiger partial charge in [0.1, 0.15) is 0 Å². The summed E-state index contributed by atoms with van der Waals surface area (Å²) in [5.74, 6) is -0.336. The standard InChI is InChI=1S/C18H14Cl2N4O/c1-12-16(17(20)23-24(12)15-5-3-2-4-6-15)11-21-22-18(25)13-7-9-14(19)10-8-13/h2-11H,1H3,(H,22,25)/b21-11-. The third-order valence-electron chi connectivity index (χ3n) is 3.58. The Bertz CT molecular complexity index is 918. The summed E-state index contributed by atoms with van der Waals surface area (Å²) in [4.78, 5) is 12.0. The van der Waals surface area contributed by atoms with Gasteiger partial charge in [-0.05, 0) is 43.3 Å². The Hall–Kier alpha value is -2.63. The maximum atomic E-state index is 12.0. The van der Waals surface area contributed by atoms with Crippen molar-refractivity contribution in [2.24, 2.45) is 5.10 Å². The fraction of sp³-hybridized carbons (Fsp3) is 0.0556. The molecule has 1 aromatic heterocycles. The third kappa shape index (κ3) is 3.90. The van der Waals surface area contributed by atoms with E-state index in [1.54, 1.807) is 28.9 Å². The molecule has 1 heterocycles. The lowest BCUT2D eigenvalue weighted by Crippen LogP contribution is -2.17. The summed E-state index contributed by atoms with van der Waals surface area (Å²) >= 11 is 12.0. The van der Waals surface area contributed by atoms with Crippen molar-refractivity contribution in [2.75, 3.05) is 0 Å². The summed E-state index contributed by atoms with van der Waals surface area (Å²) in [7, 11) is 0. The Morgan fingerprint density at radius 1 is 1.12 bits per heavy atom. The van der Waals surface area contributed by atoms with Gasteiger partial charge >= 0.3 is 0 Å². The van der Waals surface area contributed by atoms with Crippen LogP contribution in [0.3, 0.4) is 0 Å². The number of hydrazone groups is 1. The van der Waals surface area contributed by atoms with Crippen LogP contribution in [0.15, 0.2) is 59.7 Å². The van der Waals surface area contributed by atoms with Gasteiger partial charge in [-0.25, -0.2) is 10.1 Å². The van der Waals surface area contributed by atoms with E-state index < -0.39 is 0 Å². The molecule has 0 saturated heterocycles. The highest BCUT2D eigenvalue weighted by molar-refractivity contribution is 6.32. The number of nitrogens with zero attached hydrogens (tertiary/aromatic N) is 3. The zero-order chi connectivity index (χ0) is 17.8. The monoisotopic (exact) mass is 372 g/mol. The Balaban J connectivity index is 1.77. The third-order valence-corrected chi connectivity index (χ3v) is 4.12. The van der Waals surface area contributed by atoms with Crippen molar-refractivity contribution in [3.63, 3.8) is 0 Å². The molecule has 1 N–H and O–H groups in total. The van der Waals surface area contributed by atoms with Crippen LogP contribution in [0.2, 0.25) is 10.2 Å². The lowest BCUT2D eigenvalue weighted by molar-refractivity contribution is 0.0955. The van der Waals surface area contributed by atoms with Crippen LogP contribution in [0, 0.1) is 6.92 Å². The average Bonchev–Trinajstić information content (AvgIpc) is 2.91. The predicted molar refractivity (Wildman–Crippen MR) is 99.8 cm³/mol. The van der Waals surface area contributed by atoms with Gasteiger partial charge in [0, 0.05) is 10.6 Å². The van der Waals surface area contributed by atoms with Gasteiger partial charge < -0.3 is 0 Å². The highest BCUT2D eigenvalue weighted by Gasteiger charge is 2.12. The molecule has 5 nitrogen and oxygen atoms in total. The lowest BCUT2D eigenvalue weighted by Gasteiger charge is -2.03. The van der Waals surface area contributed by atoms with Crippen molar-refractivity contribution in [2.45, 2.75) is 6.92 Å². The molecule has 0 aliphatic heterocycles. The molecular weight excluding hydrogens is 359 g/mol. The summed E-state index contributed by atoms with van der Waals surface area (Å²) in [6.45, 7) is 1.88. The van der Waals surface area contributed by atoms with E-state index in [1.807, 2.05) is 37.3 Å². The summed E-state index contributed by atoms with van der Waals surface area (Å²) in [5.41, 5.74) is 5.28. The highest BCUT2D eigenvalue weighted by Crippen LogP contribution is 2.20. The van der Waals surface area contributed by atoms with E-state index in [-0.39, 0.29) is 5.91 Å². The Morgan fingerprint density at radius 3 is 2.48 bits per heavy atom. The largest absolute Gasteiger partial charge is 0.271 e. The summed E-state index contributed by atoms with van der Waals surface area (Å²) in [5, 5.41) is 9.16. The minimum atomic E-state index is -0.336. The molecule has 2 aromatic carbocycles. The van der Waals surface area contributed by atoms with Gasteiger partial charge in [-0.3, -0.25) is 4.79 Å². The van der Waals surface area contributed by atoms with E-state index in [0.29, 0.717) is 21.3 Å². The number of halogens is 2. The summed E-state index contributed by atoms with van der Waals surface area (Å²) in [6, 6.07) is 16.2. The highest BCUT2D eigenvalue weighted by atomic mass is 35.5. The number of rotatable bonds is 4. The number of benzene rings is 2. The van der Waals surface area contributed by atoms with E-state index >= 15 is 0 Å². The van der Waals surface area contributed by atoms with Crippen molar-refractivity contribution >= 4 is 35.3 Å². The molecule has 126 valence electrons. The number of hydrogen-bond donors (Lipinski definition) is 1. The molecule has 0 unspecified atom stereocenters. The average molecular weight is 373 g/mol. The zero-order valence-electron chi connectivity index (χ0n) is 13.3. The van der Waals surface area contributed by atoms with Crippen LogP contribution in [0.4, 0.5) is 0 Å². The van der Waals surface area contributed by atoms with Crippen LogP contribution >= 0.6 is 23.2 Å². The van der Waals surface area contributed by atoms with E-state index in [2.05, 4.69) is 15.6 Å². The number of amides is 1. The number of nitrogens with one attached hydrogen (secondary N) is 1. The first-order valence-corrected chi connectivity index (χ1v) is 8.21. The molecule has 25 heavy (non-hydrogen) atoms. The summed E-state index contributed by atoms with van der Waals surface area (Å²) < 4.78 is 1.73. The van der Waals surface area contributed by atoms with Crippen molar-refractivity contribution in [1.29, 1.82) is 0 Å². The van der Waals surface area contributed by atoms with Crippen LogP contribution in [0.1, 0.15) is 21.6 Å². The van der Waals surface area contributed by atoms with Crippen molar-refractivity contribution < 1.29 is 4.79 Å². The Kier molecular flexibility index (Phi) is 5.16. The van der Waals surface area contributed by atoms with E-state index in [0.717, 1.165) is 11.4 Å². The fourth-order valence-electron chi connectivity index (χ4n) is 2.27. The molecule has 0 radical (unpaired) electrons. The molecule has 3 aromatic rings. The summed E-state index contributed by atoms with van der Waals surface area (Å²) in [6.07, 6.45) is 1.48. The second-order valence-electron chi connectivity index (χ2n) is 5.24. The second-order valence-corrected chi connectivity index (χ2v) is 6.04. The molecule has 0 bridgehead atoms. The molecule has 1 amide bonds. The minimum Gasteiger partial charge on any atom is -0.267 e. The van der Waals surface area contributed by atoms with E-state index in [9.17, 15) is 4.79 Å². The van der Waals surface area contributed by atoms with Crippen molar-refractivity contribution in [3.05, 3.63) is 81.6 Å². The van der Waals surface area contributed by atoms with Gasteiger partial charge in [-0.15, -0.1) is 0 Å². The van der Waals surface area contributed by atoms with Crippen molar-refractivity contribution in [1.82, 2.24) is 15.2 Å².